The first-order chi connectivity index (χ1) is 9.00. The molecule has 1 aliphatic carbocycles. The predicted octanol–water partition coefficient (Wildman–Crippen LogP) is 0.437. The van der Waals surface area contributed by atoms with Crippen molar-refractivity contribution in [2.24, 2.45) is 0 Å². The zero-order valence-corrected chi connectivity index (χ0v) is 10.9. The van der Waals surface area contributed by atoms with Crippen molar-refractivity contribution in [1.82, 2.24) is 9.80 Å². The van der Waals surface area contributed by atoms with Gasteiger partial charge in [-0.05, 0) is 19.3 Å². The Kier molecular flexibility index (Phi) is 2.83. The molecule has 7 heteroatoms. The monoisotopic (exact) mass is 268 g/mol. The standard InChI is InChI=1S/C12H16N2O5/c1-6(15)13-10-11(14(7(2)16)12(13)17)19-9-5-3-4-8(9)18-10/h8-11H,3-5H2,1-2H3/t8-,9+,10+,11-. The smallest absolute Gasteiger partial charge is 0.338 e. The van der Waals surface area contributed by atoms with Gasteiger partial charge in [0.2, 0.25) is 11.8 Å². The molecule has 0 N–H and O–H groups in total. The van der Waals surface area contributed by atoms with E-state index in [1.165, 1.54) is 13.8 Å². The lowest BCUT2D eigenvalue weighted by molar-refractivity contribution is -0.246. The number of ether oxygens (including phenoxy) is 2. The molecule has 0 bridgehead atoms. The lowest BCUT2D eigenvalue weighted by Crippen LogP contribution is -2.53. The minimum Gasteiger partial charge on any atom is -0.347 e. The fourth-order valence-electron chi connectivity index (χ4n) is 3.03. The second kappa shape index (κ2) is 4.28. The zero-order valence-electron chi connectivity index (χ0n) is 10.9. The SMILES string of the molecule is CC(=O)N1C(=O)N(C(C)=O)[C@H]2O[C@@H]3CCC[C@@H]3O[C@H]21. The number of amides is 4. The number of carbonyl (C=O) groups is 3. The zero-order chi connectivity index (χ0) is 13.7. The van der Waals surface area contributed by atoms with E-state index in [-0.39, 0.29) is 12.2 Å². The van der Waals surface area contributed by atoms with Crippen LogP contribution in [0.2, 0.25) is 0 Å². The number of hydrogen-bond donors (Lipinski definition) is 0. The van der Waals surface area contributed by atoms with Crippen molar-refractivity contribution in [2.75, 3.05) is 0 Å². The minimum atomic E-state index is -0.812. The maximum absolute atomic E-state index is 12.1. The summed E-state index contributed by atoms with van der Waals surface area (Å²) in [6.07, 6.45) is 0.886. The van der Waals surface area contributed by atoms with Gasteiger partial charge < -0.3 is 9.47 Å². The molecular weight excluding hydrogens is 252 g/mol. The van der Waals surface area contributed by atoms with Gasteiger partial charge >= 0.3 is 6.03 Å². The van der Waals surface area contributed by atoms with Crippen LogP contribution >= 0.6 is 0 Å². The van der Waals surface area contributed by atoms with E-state index in [9.17, 15) is 14.4 Å². The van der Waals surface area contributed by atoms with Crippen LogP contribution in [0.4, 0.5) is 4.79 Å². The highest BCUT2D eigenvalue weighted by atomic mass is 16.6. The van der Waals surface area contributed by atoms with Crippen molar-refractivity contribution < 1.29 is 23.9 Å². The number of urea groups is 1. The van der Waals surface area contributed by atoms with E-state index in [1.54, 1.807) is 0 Å². The van der Waals surface area contributed by atoms with Crippen LogP contribution in [0.5, 0.6) is 0 Å². The van der Waals surface area contributed by atoms with Gasteiger partial charge in [-0.2, -0.15) is 0 Å². The van der Waals surface area contributed by atoms with E-state index in [1.807, 2.05) is 0 Å². The molecule has 0 spiro atoms. The van der Waals surface area contributed by atoms with Crippen LogP contribution in [-0.2, 0) is 19.1 Å². The van der Waals surface area contributed by atoms with Crippen molar-refractivity contribution in [2.45, 2.75) is 57.8 Å². The van der Waals surface area contributed by atoms with Gasteiger partial charge in [0, 0.05) is 13.8 Å². The number of carbonyl (C=O) groups excluding carboxylic acids is 3. The molecule has 4 amide bonds. The van der Waals surface area contributed by atoms with E-state index in [0.717, 1.165) is 29.1 Å². The van der Waals surface area contributed by atoms with E-state index >= 15 is 0 Å². The second-order valence-corrected chi connectivity index (χ2v) is 5.12. The van der Waals surface area contributed by atoms with Crippen LogP contribution in [0, 0.1) is 0 Å². The summed E-state index contributed by atoms with van der Waals surface area (Å²) in [5, 5.41) is 0. The van der Waals surface area contributed by atoms with Gasteiger partial charge in [-0.15, -0.1) is 0 Å². The summed E-state index contributed by atoms with van der Waals surface area (Å²) < 4.78 is 11.6. The Hall–Kier alpha value is -1.47. The predicted molar refractivity (Wildman–Crippen MR) is 61.6 cm³/mol. The third-order valence-corrected chi connectivity index (χ3v) is 3.86. The fraction of sp³-hybridized carbons (Fsp3) is 0.750. The van der Waals surface area contributed by atoms with Gasteiger partial charge in [0.15, 0.2) is 12.5 Å². The molecule has 19 heavy (non-hydrogen) atoms. The van der Waals surface area contributed by atoms with Crippen molar-refractivity contribution in [3.8, 4) is 0 Å². The summed E-state index contributed by atoms with van der Waals surface area (Å²) in [6.45, 7) is 2.56. The van der Waals surface area contributed by atoms with E-state index in [0.29, 0.717) is 0 Å². The van der Waals surface area contributed by atoms with E-state index in [4.69, 9.17) is 9.47 Å². The number of fused-ring (bicyclic) bond motifs is 2. The molecule has 0 radical (unpaired) electrons. The summed E-state index contributed by atoms with van der Waals surface area (Å²) in [6, 6.07) is -0.657. The lowest BCUT2D eigenvalue weighted by Gasteiger charge is -2.37. The molecule has 2 saturated heterocycles. The molecule has 2 heterocycles. The molecule has 0 aromatic carbocycles. The van der Waals surface area contributed by atoms with Crippen LogP contribution in [0.25, 0.3) is 0 Å². The third kappa shape index (κ3) is 1.76. The molecule has 1 saturated carbocycles. The number of rotatable bonds is 0. The van der Waals surface area contributed by atoms with Crippen LogP contribution in [0.1, 0.15) is 33.1 Å². The van der Waals surface area contributed by atoms with Gasteiger partial charge in [0.1, 0.15) is 0 Å². The van der Waals surface area contributed by atoms with Gasteiger partial charge in [0.25, 0.3) is 0 Å². The molecule has 104 valence electrons. The van der Waals surface area contributed by atoms with Crippen molar-refractivity contribution >= 4 is 17.8 Å². The van der Waals surface area contributed by atoms with Crippen LogP contribution in [0.15, 0.2) is 0 Å². The normalized spacial score (nSPS) is 37.3. The first-order valence-corrected chi connectivity index (χ1v) is 6.45. The molecule has 2 aliphatic heterocycles. The maximum atomic E-state index is 12.1. The molecule has 0 aromatic heterocycles. The average molecular weight is 268 g/mol. The third-order valence-electron chi connectivity index (χ3n) is 3.86. The quantitative estimate of drug-likeness (QED) is 0.637. The van der Waals surface area contributed by atoms with Crippen LogP contribution < -0.4 is 0 Å². The first kappa shape index (κ1) is 12.6. The summed E-state index contributed by atoms with van der Waals surface area (Å²) in [5.74, 6) is -0.882. The topological polar surface area (TPSA) is 76.2 Å². The maximum Gasteiger partial charge on any atom is 0.338 e. The summed E-state index contributed by atoms with van der Waals surface area (Å²) >= 11 is 0. The Morgan fingerprint density at radius 2 is 1.42 bits per heavy atom. The molecule has 3 aliphatic rings. The highest BCUT2D eigenvalue weighted by molar-refractivity contribution is 6.03. The van der Waals surface area contributed by atoms with E-state index in [2.05, 4.69) is 0 Å². The molecular formula is C12H16N2O5. The van der Waals surface area contributed by atoms with Crippen molar-refractivity contribution in [3.63, 3.8) is 0 Å². The number of nitrogens with zero attached hydrogens (tertiary/aromatic N) is 2. The molecule has 3 fully saturated rings. The Balaban J connectivity index is 1.93. The first-order valence-electron chi connectivity index (χ1n) is 6.45. The molecule has 3 rings (SSSR count). The van der Waals surface area contributed by atoms with Crippen LogP contribution in [-0.4, -0.2) is 52.3 Å². The minimum absolute atomic E-state index is 0.0946. The Morgan fingerprint density at radius 1 is 1.00 bits per heavy atom. The summed E-state index contributed by atoms with van der Waals surface area (Å²) in [5.41, 5.74) is 0. The Bertz CT molecular complexity index is 413. The largest absolute Gasteiger partial charge is 0.347 e. The van der Waals surface area contributed by atoms with Gasteiger partial charge in [-0.1, -0.05) is 0 Å². The highest BCUT2D eigenvalue weighted by Crippen LogP contribution is 2.38. The molecule has 0 aromatic rings. The molecule has 7 nitrogen and oxygen atoms in total. The lowest BCUT2D eigenvalue weighted by atomic mass is 10.2. The van der Waals surface area contributed by atoms with Crippen LogP contribution in [0.3, 0.4) is 0 Å². The van der Waals surface area contributed by atoms with Gasteiger partial charge in [0.05, 0.1) is 12.2 Å². The average Bonchev–Trinajstić information content (AvgIpc) is 2.85. The highest BCUT2D eigenvalue weighted by Gasteiger charge is 2.56. The summed E-state index contributed by atoms with van der Waals surface area (Å²) in [7, 11) is 0. The second-order valence-electron chi connectivity index (χ2n) is 5.12. The van der Waals surface area contributed by atoms with Gasteiger partial charge in [-0.25, -0.2) is 14.6 Å². The number of imide groups is 2. The van der Waals surface area contributed by atoms with Crippen molar-refractivity contribution in [3.05, 3.63) is 0 Å². The Morgan fingerprint density at radius 3 is 1.79 bits per heavy atom. The summed E-state index contributed by atoms with van der Waals surface area (Å²) in [4.78, 5) is 37.3. The van der Waals surface area contributed by atoms with Crippen molar-refractivity contribution in [1.29, 1.82) is 0 Å². The number of hydrogen-bond acceptors (Lipinski definition) is 5. The van der Waals surface area contributed by atoms with Gasteiger partial charge in [-0.3, -0.25) is 9.59 Å². The van der Waals surface area contributed by atoms with E-state index < -0.39 is 30.3 Å². The molecule has 0 unspecified atom stereocenters. The Labute approximate surface area is 110 Å². The molecule has 4 atom stereocenters. The fourth-order valence-corrected chi connectivity index (χ4v) is 3.03.